The van der Waals surface area contributed by atoms with Crippen molar-refractivity contribution in [2.75, 3.05) is 19.7 Å². The van der Waals surface area contributed by atoms with E-state index in [2.05, 4.69) is 36.4 Å². The monoisotopic (exact) mass is 480 g/mol. The van der Waals surface area contributed by atoms with Gasteiger partial charge in [-0.05, 0) is 62.1 Å². The van der Waals surface area contributed by atoms with Crippen molar-refractivity contribution in [1.82, 2.24) is 20.0 Å². The summed E-state index contributed by atoms with van der Waals surface area (Å²) in [6, 6.07) is 10.1. The lowest BCUT2D eigenvalue weighted by atomic mass is 9.73. The number of nitrogens with zero attached hydrogens (tertiary/aromatic N) is 3. The molecule has 0 radical (unpaired) electrons. The van der Waals surface area contributed by atoms with Crippen molar-refractivity contribution in [2.45, 2.75) is 77.8 Å². The zero-order chi connectivity index (χ0) is 24.7. The number of fused-ring (bicyclic) bond motifs is 1. The van der Waals surface area contributed by atoms with Gasteiger partial charge in [-0.3, -0.25) is 14.3 Å². The van der Waals surface area contributed by atoms with Crippen molar-refractivity contribution >= 4 is 11.8 Å². The first-order valence-corrected chi connectivity index (χ1v) is 13.2. The highest BCUT2D eigenvalue weighted by molar-refractivity contribution is 5.83. The van der Waals surface area contributed by atoms with E-state index in [9.17, 15) is 9.59 Å². The van der Waals surface area contributed by atoms with Crippen LogP contribution in [0.5, 0.6) is 5.75 Å². The molecule has 7 heteroatoms. The molecule has 1 spiro atoms. The van der Waals surface area contributed by atoms with E-state index in [4.69, 9.17) is 4.74 Å². The maximum Gasteiger partial charge on any atom is 0.244 e. The van der Waals surface area contributed by atoms with Gasteiger partial charge in [-0.2, -0.15) is 5.10 Å². The predicted octanol–water partition coefficient (Wildman–Crippen LogP) is 4.22. The van der Waals surface area contributed by atoms with Gasteiger partial charge in [0.15, 0.2) is 0 Å². The Morgan fingerprint density at radius 3 is 2.69 bits per heavy atom. The third kappa shape index (κ3) is 6.65. The first-order valence-electron chi connectivity index (χ1n) is 13.2. The molecule has 1 aromatic heterocycles. The van der Waals surface area contributed by atoms with Crippen molar-refractivity contribution in [2.24, 2.45) is 11.3 Å². The van der Waals surface area contributed by atoms with Crippen LogP contribution in [0.1, 0.15) is 64.4 Å². The number of hydrogen-bond acceptors (Lipinski definition) is 4. The van der Waals surface area contributed by atoms with Gasteiger partial charge in [0.25, 0.3) is 0 Å². The van der Waals surface area contributed by atoms with Crippen LogP contribution in [0, 0.1) is 11.3 Å². The zero-order valence-electron chi connectivity index (χ0n) is 21.2. The second-order valence-electron chi connectivity index (χ2n) is 10.6. The van der Waals surface area contributed by atoms with Gasteiger partial charge in [0, 0.05) is 25.5 Å². The van der Waals surface area contributed by atoms with Crippen LogP contribution < -0.4 is 10.1 Å². The molecule has 0 unspecified atom stereocenters. The Bertz CT molecular complexity index is 964. The molecule has 1 fully saturated rings. The summed E-state index contributed by atoms with van der Waals surface area (Å²) in [6.07, 6.45) is 10.8. The molecule has 7 nitrogen and oxygen atoms in total. The summed E-state index contributed by atoms with van der Waals surface area (Å²) in [5.41, 5.74) is 0.832. The lowest BCUT2D eigenvalue weighted by molar-refractivity contribution is -0.142. The van der Waals surface area contributed by atoms with Crippen LogP contribution >= 0.6 is 0 Å². The number of nitrogens with one attached hydrogen (secondary N) is 1. The molecule has 0 aliphatic carbocycles. The van der Waals surface area contributed by atoms with Crippen LogP contribution in [0.3, 0.4) is 0 Å². The second kappa shape index (κ2) is 11.7. The molecule has 2 aliphatic heterocycles. The predicted molar refractivity (Wildman–Crippen MR) is 136 cm³/mol. The Morgan fingerprint density at radius 2 is 1.94 bits per heavy atom. The van der Waals surface area contributed by atoms with Gasteiger partial charge < -0.3 is 15.0 Å². The molecular formula is C28H40N4O3. The largest absolute Gasteiger partial charge is 0.491 e. The van der Waals surface area contributed by atoms with Gasteiger partial charge in [0.2, 0.25) is 11.8 Å². The topological polar surface area (TPSA) is 76.5 Å². The molecule has 35 heavy (non-hydrogen) atoms. The molecule has 1 atom stereocenters. The molecule has 190 valence electrons. The number of carbonyl (C=O) groups excluding carboxylic acids is 2. The van der Waals surface area contributed by atoms with E-state index in [1.165, 1.54) is 5.56 Å². The van der Waals surface area contributed by atoms with Crippen LogP contribution in [-0.4, -0.2) is 52.2 Å². The van der Waals surface area contributed by atoms with Gasteiger partial charge in [0.05, 0.1) is 11.5 Å². The van der Waals surface area contributed by atoms with E-state index < -0.39 is 5.41 Å². The fourth-order valence-corrected chi connectivity index (χ4v) is 5.48. The molecule has 2 amide bonds. The third-order valence-corrected chi connectivity index (χ3v) is 7.52. The van der Waals surface area contributed by atoms with Gasteiger partial charge in [-0.25, -0.2) is 0 Å². The lowest BCUT2D eigenvalue weighted by Gasteiger charge is -2.41. The summed E-state index contributed by atoms with van der Waals surface area (Å²) in [5.74, 6) is 1.59. The molecule has 3 heterocycles. The molecule has 0 bridgehead atoms. The summed E-state index contributed by atoms with van der Waals surface area (Å²) in [5, 5.41) is 7.53. The molecule has 2 aromatic rings. The molecule has 2 aliphatic rings. The SMILES string of the molecule is CC(C)C[C@H]1COc2ccccc2CCCCCC2(CCN(C(=O)Cn3cccn3)CC2)C(=O)N1. The fourth-order valence-electron chi connectivity index (χ4n) is 5.48. The Morgan fingerprint density at radius 1 is 1.14 bits per heavy atom. The number of benzene rings is 1. The van der Waals surface area contributed by atoms with Crippen LogP contribution in [0.25, 0.3) is 0 Å². The van der Waals surface area contributed by atoms with Crippen molar-refractivity contribution in [3.05, 3.63) is 48.3 Å². The maximum atomic E-state index is 13.8. The smallest absolute Gasteiger partial charge is 0.244 e. The van der Waals surface area contributed by atoms with Crippen molar-refractivity contribution in [3.63, 3.8) is 0 Å². The molecule has 1 N–H and O–H groups in total. The van der Waals surface area contributed by atoms with E-state index in [1.807, 2.05) is 23.1 Å². The quantitative estimate of drug-likeness (QED) is 0.711. The van der Waals surface area contributed by atoms with Gasteiger partial charge >= 0.3 is 0 Å². The minimum atomic E-state index is -0.418. The summed E-state index contributed by atoms with van der Waals surface area (Å²) < 4.78 is 7.92. The number of piperidine rings is 1. The Hall–Kier alpha value is -2.83. The number of likely N-dealkylation sites (tertiary alicyclic amines) is 1. The average molecular weight is 481 g/mol. The molecule has 0 saturated carbocycles. The van der Waals surface area contributed by atoms with Crippen LogP contribution in [0.15, 0.2) is 42.7 Å². The van der Waals surface area contributed by atoms with E-state index >= 15 is 0 Å². The van der Waals surface area contributed by atoms with Gasteiger partial charge in [-0.15, -0.1) is 0 Å². The number of amides is 2. The molecule has 1 saturated heterocycles. The normalized spacial score (nSPS) is 21.3. The summed E-state index contributed by atoms with van der Waals surface area (Å²) >= 11 is 0. The number of ether oxygens (including phenoxy) is 1. The number of aromatic nitrogens is 2. The molecular weight excluding hydrogens is 440 g/mol. The highest BCUT2D eigenvalue weighted by atomic mass is 16.5. The number of para-hydroxylation sites is 1. The van der Waals surface area contributed by atoms with Crippen LogP contribution in [-0.2, 0) is 22.6 Å². The van der Waals surface area contributed by atoms with E-state index in [1.54, 1.807) is 17.1 Å². The van der Waals surface area contributed by atoms with Crippen molar-refractivity contribution in [1.29, 1.82) is 0 Å². The first kappa shape index (κ1) is 25.3. The fraction of sp³-hybridized carbons (Fsp3) is 0.607. The highest BCUT2D eigenvalue weighted by Gasteiger charge is 2.42. The minimum absolute atomic E-state index is 0.0346. The Balaban J connectivity index is 1.46. The Kier molecular flexibility index (Phi) is 8.47. The van der Waals surface area contributed by atoms with Gasteiger partial charge in [0.1, 0.15) is 18.9 Å². The zero-order valence-corrected chi connectivity index (χ0v) is 21.2. The first-order chi connectivity index (χ1) is 16.9. The third-order valence-electron chi connectivity index (χ3n) is 7.52. The summed E-state index contributed by atoms with van der Waals surface area (Å²) in [7, 11) is 0. The summed E-state index contributed by atoms with van der Waals surface area (Å²) in [6.45, 7) is 6.32. The van der Waals surface area contributed by atoms with E-state index in [0.29, 0.717) is 38.5 Å². The van der Waals surface area contributed by atoms with Crippen LogP contribution in [0.2, 0.25) is 0 Å². The maximum absolute atomic E-state index is 13.8. The van der Waals surface area contributed by atoms with Crippen LogP contribution in [0.4, 0.5) is 0 Å². The highest BCUT2D eigenvalue weighted by Crippen LogP contribution is 2.38. The minimum Gasteiger partial charge on any atom is -0.491 e. The standard InChI is InChI=1S/C28H40N4O3/c1-22(2)19-24-21-35-25-11-6-5-10-23(25)9-4-3-7-12-28(27(34)30-24)13-17-31(18-14-28)26(33)20-32-16-8-15-29-32/h5-6,8,10-11,15-16,22,24H,3-4,7,9,12-14,17-21H2,1-2H3,(H,30,34)/t24-/m0/s1. The average Bonchev–Trinajstić information content (AvgIpc) is 3.35. The van der Waals surface area contributed by atoms with E-state index in [0.717, 1.165) is 44.3 Å². The molecule has 1 aromatic carbocycles. The number of aryl methyl sites for hydroxylation is 1. The Labute approximate surface area is 209 Å². The number of hydrogen-bond donors (Lipinski definition) is 1. The van der Waals surface area contributed by atoms with Crippen molar-refractivity contribution in [3.8, 4) is 5.75 Å². The lowest BCUT2D eigenvalue weighted by Crippen LogP contribution is -2.53. The molecule has 4 rings (SSSR count). The second-order valence-corrected chi connectivity index (χ2v) is 10.6. The van der Waals surface area contributed by atoms with Gasteiger partial charge in [-0.1, -0.05) is 44.9 Å². The summed E-state index contributed by atoms with van der Waals surface area (Å²) in [4.78, 5) is 28.5. The van der Waals surface area contributed by atoms with Crippen molar-refractivity contribution < 1.29 is 14.3 Å². The van der Waals surface area contributed by atoms with E-state index in [-0.39, 0.29) is 24.4 Å². The number of carbonyl (C=O) groups is 2. The number of rotatable bonds is 4.